The molecule has 126 valence electrons. The lowest BCUT2D eigenvalue weighted by Gasteiger charge is -2.43. The quantitative estimate of drug-likeness (QED) is 0.817. The van der Waals surface area contributed by atoms with Crippen molar-refractivity contribution < 1.29 is 24.5 Å². The lowest BCUT2D eigenvalue weighted by molar-refractivity contribution is -0.157. The van der Waals surface area contributed by atoms with Gasteiger partial charge in [-0.1, -0.05) is 0 Å². The first-order valence-electron chi connectivity index (χ1n) is 8.07. The number of amides is 1. The molecule has 22 heavy (non-hydrogen) atoms. The molecule has 0 aromatic heterocycles. The molecule has 1 atom stereocenters. The van der Waals surface area contributed by atoms with Crippen molar-refractivity contribution in [2.75, 3.05) is 6.54 Å². The van der Waals surface area contributed by atoms with Gasteiger partial charge in [0.05, 0.1) is 17.6 Å². The Balaban J connectivity index is 2.20. The zero-order valence-corrected chi connectivity index (χ0v) is 13.7. The summed E-state index contributed by atoms with van der Waals surface area (Å²) >= 11 is 0. The molecular formula is C16H27NO5. The zero-order chi connectivity index (χ0) is 16.5. The number of aliphatic carboxylic acids is 1. The molecule has 1 saturated carbocycles. The highest BCUT2D eigenvalue weighted by Crippen LogP contribution is 2.45. The molecule has 1 unspecified atom stereocenters. The molecule has 6 heteroatoms. The molecular weight excluding hydrogens is 286 g/mol. The third kappa shape index (κ3) is 3.37. The van der Waals surface area contributed by atoms with Gasteiger partial charge in [0, 0.05) is 6.54 Å². The number of carbonyl (C=O) groups is 2. The van der Waals surface area contributed by atoms with Gasteiger partial charge in [-0.25, -0.2) is 4.79 Å². The molecule has 1 aliphatic heterocycles. The van der Waals surface area contributed by atoms with Gasteiger partial charge in [0.1, 0.15) is 5.60 Å². The van der Waals surface area contributed by atoms with Crippen LogP contribution in [0.2, 0.25) is 0 Å². The van der Waals surface area contributed by atoms with Crippen molar-refractivity contribution in [1.29, 1.82) is 0 Å². The average molecular weight is 313 g/mol. The van der Waals surface area contributed by atoms with Crippen LogP contribution in [-0.2, 0) is 9.53 Å². The van der Waals surface area contributed by atoms with Crippen LogP contribution in [0.25, 0.3) is 0 Å². The Bertz CT molecular complexity index is 434. The van der Waals surface area contributed by atoms with Crippen molar-refractivity contribution in [1.82, 2.24) is 4.90 Å². The van der Waals surface area contributed by atoms with Gasteiger partial charge in [-0.2, -0.15) is 0 Å². The van der Waals surface area contributed by atoms with Crippen LogP contribution in [0.4, 0.5) is 4.79 Å². The van der Waals surface area contributed by atoms with E-state index in [1.165, 1.54) is 0 Å². The predicted octanol–water partition coefficient (Wildman–Crippen LogP) is 2.39. The van der Waals surface area contributed by atoms with Crippen LogP contribution < -0.4 is 0 Å². The van der Waals surface area contributed by atoms with Crippen LogP contribution in [-0.4, -0.2) is 51.5 Å². The smallest absolute Gasteiger partial charge is 0.410 e. The van der Waals surface area contributed by atoms with Crippen LogP contribution in [0.5, 0.6) is 0 Å². The van der Waals surface area contributed by atoms with Crippen LogP contribution in [0.15, 0.2) is 0 Å². The van der Waals surface area contributed by atoms with Gasteiger partial charge in [0.25, 0.3) is 0 Å². The molecule has 2 fully saturated rings. The minimum atomic E-state index is -0.952. The summed E-state index contributed by atoms with van der Waals surface area (Å²) < 4.78 is 5.43. The van der Waals surface area contributed by atoms with E-state index in [4.69, 9.17) is 4.74 Å². The molecule has 0 bridgehead atoms. The predicted molar refractivity (Wildman–Crippen MR) is 80.5 cm³/mol. The summed E-state index contributed by atoms with van der Waals surface area (Å²) in [5.74, 6) is -0.861. The van der Waals surface area contributed by atoms with E-state index in [9.17, 15) is 19.8 Å². The number of aliphatic hydroxyl groups excluding tert-OH is 1. The van der Waals surface area contributed by atoms with E-state index in [0.29, 0.717) is 38.6 Å². The maximum atomic E-state index is 12.4. The minimum Gasteiger partial charge on any atom is -0.481 e. The zero-order valence-electron chi connectivity index (χ0n) is 13.7. The van der Waals surface area contributed by atoms with E-state index < -0.39 is 29.2 Å². The molecule has 1 saturated heterocycles. The number of carboxylic acid groups (broad SMARTS) is 1. The molecule has 6 nitrogen and oxygen atoms in total. The van der Waals surface area contributed by atoms with Gasteiger partial charge in [0.2, 0.25) is 0 Å². The van der Waals surface area contributed by atoms with E-state index in [1.54, 1.807) is 25.7 Å². The van der Waals surface area contributed by atoms with Crippen LogP contribution in [0, 0.1) is 5.41 Å². The highest BCUT2D eigenvalue weighted by atomic mass is 16.6. The second kappa shape index (κ2) is 6.07. The summed E-state index contributed by atoms with van der Waals surface area (Å²) in [4.78, 5) is 26.0. The summed E-state index contributed by atoms with van der Waals surface area (Å²) in [5, 5.41) is 19.5. The maximum absolute atomic E-state index is 12.4. The molecule has 1 aliphatic carbocycles. The molecule has 2 aliphatic rings. The van der Waals surface area contributed by atoms with Crippen LogP contribution >= 0.6 is 0 Å². The molecule has 0 spiro atoms. The summed E-state index contributed by atoms with van der Waals surface area (Å²) in [7, 11) is 0. The number of carboxylic acids is 1. The number of aliphatic hydroxyl groups is 1. The van der Waals surface area contributed by atoms with Gasteiger partial charge in [-0.15, -0.1) is 0 Å². The van der Waals surface area contributed by atoms with E-state index >= 15 is 0 Å². The molecule has 0 aromatic rings. The van der Waals surface area contributed by atoms with Crippen molar-refractivity contribution in [2.24, 2.45) is 5.41 Å². The van der Waals surface area contributed by atoms with Crippen LogP contribution in [0.1, 0.15) is 59.3 Å². The van der Waals surface area contributed by atoms with Crippen LogP contribution in [0.3, 0.4) is 0 Å². The SMILES string of the molecule is CC(C)(C)OC(=O)N1CCCC1C1(C(=O)O)CCC(O)CC1. The van der Waals surface area contributed by atoms with E-state index in [0.717, 1.165) is 6.42 Å². The molecule has 0 aromatic carbocycles. The van der Waals surface area contributed by atoms with E-state index in [2.05, 4.69) is 0 Å². The van der Waals surface area contributed by atoms with Crippen molar-refractivity contribution in [2.45, 2.75) is 77.0 Å². The van der Waals surface area contributed by atoms with Crippen molar-refractivity contribution in [3.63, 3.8) is 0 Å². The average Bonchev–Trinajstić information content (AvgIpc) is 2.87. The number of carbonyl (C=O) groups excluding carboxylic acids is 1. The number of ether oxygens (including phenoxy) is 1. The first-order valence-corrected chi connectivity index (χ1v) is 8.07. The van der Waals surface area contributed by atoms with Gasteiger partial charge in [-0.05, 0) is 59.3 Å². The maximum Gasteiger partial charge on any atom is 0.410 e. The lowest BCUT2D eigenvalue weighted by Crippen LogP contribution is -2.53. The molecule has 0 radical (unpaired) electrons. The van der Waals surface area contributed by atoms with Crippen molar-refractivity contribution in [3.05, 3.63) is 0 Å². The Kier molecular flexibility index (Phi) is 4.70. The van der Waals surface area contributed by atoms with Crippen molar-refractivity contribution in [3.8, 4) is 0 Å². The lowest BCUT2D eigenvalue weighted by atomic mass is 9.67. The normalized spacial score (nSPS) is 32.8. The van der Waals surface area contributed by atoms with E-state index in [-0.39, 0.29) is 6.04 Å². The highest BCUT2D eigenvalue weighted by Gasteiger charge is 2.53. The summed E-state index contributed by atoms with van der Waals surface area (Å²) in [6.07, 6.45) is 2.39. The number of rotatable bonds is 2. The Morgan fingerprint density at radius 2 is 1.77 bits per heavy atom. The van der Waals surface area contributed by atoms with Crippen molar-refractivity contribution >= 4 is 12.1 Å². The topological polar surface area (TPSA) is 87.1 Å². The monoisotopic (exact) mass is 313 g/mol. The first-order chi connectivity index (χ1) is 10.2. The Morgan fingerprint density at radius 3 is 2.27 bits per heavy atom. The molecule has 1 amide bonds. The fourth-order valence-electron chi connectivity index (χ4n) is 3.69. The fraction of sp³-hybridized carbons (Fsp3) is 0.875. The first kappa shape index (κ1) is 17.1. The largest absolute Gasteiger partial charge is 0.481 e. The standard InChI is InChI=1S/C16H27NO5/c1-15(2,3)22-14(21)17-10-4-5-12(17)16(13(19)20)8-6-11(18)7-9-16/h11-12,18H,4-10H2,1-3H3,(H,19,20). The second-order valence-electron chi connectivity index (χ2n) is 7.52. The molecule has 1 heterocycles. The molecule has 2 N–H and O–H groups in total. The number of likely N-dealkylation sites (tertiary alicyclic amines) is 1. The highest BCUT2D eigenvalue weighted by molar-refractivity contribution is 5.78. The summed E-state index contributed by atoms with van der Waals surface area (Å²) in [5.41, 5.74) is -1.55. The number of hydrogen-bond acceptors (Lipinski definition) is 4. The van der Waals surface area contributed by atoms with Gasteiger partial charge in [-0.3, -0.25) is 4.79 Å². The number of nitrogens with zero attached hydrogens (tertiary/aromatic N) is 1. The summed E-state index contributed by atoms with van der Waals surface area (Å²) in [6.45, 7) is 5.96. The molecule has 2 rings (SSSR count). The van der Waals surface area contributed by atoms with Gasteiger partial charge < -0.3 is 19.8 Å². The number of hydrogen-bond donors (Lipinski definition) is 2. The Labute approximate surface area is 131 Å². The second-order valence-corrected chi connectivity index (χ2v) is 7.52. The van der Waals surface area contributed by atoms with Gasteiger partial charge in [0.15, 0.2) is 0 Å². The Hall–Kier alpha value is -1.30. The fourth-order valence-corrected chi connectivity index (χ4v) is 3.69. The minimum absolute atomic E-state index is 0.340. The summed E-state index contributed by atoms with van der Waals surface area (Å²) in [6, 6.07) is -0.340. The Morgan fingerprint density at radius 1 is 1.18 bits per heavy atom. The van der Waals surface area contributed by atoms with Gasteiger partial charge >= 0.3 is 12.1 Å². The third-order valence-electron chi connectivity index (χ3n) is 4.79. The third-order valence-corrected chi connectivity index (χ3v) is 4.79. The van der Waals surface area contributed by atoms with E-state index in [1.807, 2.05) is 0 Å².